The Balaban J connectivity index is 1.97. The fourth-order valence-corrected chi connectivity index (χ4v) is 4.27. The molecule has 0 bridgehead atoms. The minimum atomic E-state index is -0.325. The highest BCUT2D eigenvalue weighted by molar-refractivity contribution is 6.03. The van der Waals surface area contributed by atoms with Crippen LogP contribution in [0, 0.1) is 19.7 Å². The van der Waals surface area contributed by atoms with Gasteiger partial charge in [-0.15, -0.1) is 0 Å². The van der Waals surface area contributed by atoms with Gasteiger partial charge in [0.25, 0.3) is 11.5 Å². The van der Waals surface area contributed by atoms with Crippen molar-refractivity contribution in [1.29, 1.82) is 0 Å². The van der Waals surface area contributed by atoms with Crippen LogP contribution in [0.3, 0.4) is 0 Å². The number of aryl methyl sites for hydroxylation is 3. The zero-order chi connectivity index (χ0) is 26.3. The van der Waals surface area contributed by atoms with Crippen molar-refractivity contribution in [3.63, 3.8) is 0 Å². The van der Waals surface area contributed by atoms with Crippen molar-refractivity contribution < 1.29 is 13.9 Å². The number of hydrogen-bond acceptors (Lipinski definition) is 3. The lowest BCUT2D eigenvalue weighted by atomic mass is 9.98. The molecule has 36 heavy (non-hydrogen) atoms. The molecule has 4 aromatic rings. The number of rotatable bonds is 6. The molecule has 4 rings (SSSR count). The highest BCUT2D eigenvalue weighted by Crippen LogP contribution is 2.40. The minimum Gasteiger partial charge on any atom is -0.456 e. The second-order valence-electron chi connectivity index (χ2n) is 9.52. The molecule has 1 amide bonds. The van der Waals surface area contributed by atoms with E-state index in [9.17, 15) is 14.0 Å². The van der Waals surface area contributed by atoms with Crippen LogP contribution in [0.5, 0.6) is 11.5 Å². The fraction of sp³-hybridized carbons (Fsp3) is 0.241. The van der Waals surface area contributed by atoms with Gasteiger partial charge >= 0.3 is 0 Å². The van der Waals surface area contributed by atoms with Crippen LogP contribution in [0.1, 0.15) is 48.0 Å². The van der Waals surface area contributed by atoms with Gasteiger partial charge in [0.2, 0.25) is 0 Å². The largest absolute Gasteiger partial charge is 0.456 e. The molecule has 0 aliphatic rings. The first-order chi connectivity index (χ1) is 17.0. The van der Waals surface area contributed by atoms with Gasteiger partial charge in [-0.2, -0.15) is 0 Å². The number of halogens is 1. The number of hydrogen-bond donors (Lipinski definition) is 2. The summed E-state index contributed by atoms with van der Waals surface area (Å²) in [6.07, 6.45) is 1.73. The van der Waals surface area contributed by atoms with E-state index in [2.05, 4.69) is 16.9 Å². The van der Waals surface area contributed by atoms with E-state index in [1.807, 2.05) is 39.0 Å². The Hall–Kier alpha value is -4.13. The average Bonchev–Trinajstić information content (AvgIpc) is 3.24. The zero-order valence-electron chi connectivity index (χ0n) is 21.4. The van der Waals surface area contributed by atoms with Gasteiger partial charge in [0.05, 0.1) is 0 Å². The molecular formula is C29H30FN3O3. The van der Waals surface area contributed by atoms with Crippen LogP contribution in [0.4, 0.5) is 4.39 Å². The number of carbonyl (C=O) groups excluding carboxylic acids is 1. The first-order valence-corrected chi connectivity index (χ1v) is 11.7. The van der Waals surface area contributed by atoms with Crippen LogP contribution >= 0.6 is 0 Å². The van der Waals surface area contributed by atoms with Gasteiger partial charge in [-0.3, -0.25) is 9.59 Å². The number of aromatic amines is 1. The van der Waals surface area contributed by atoms with Gasteiger partial charge in [-0.05, 0) is 81.6 Å². The third kappa shape index (κ3) is 4.69. The lowest BCUT2D eigenvalue weighted by Gasteiger charge is -2.17. The van der Waals surface area contributed by atoms with Crippen LogP contribution in [-0.2, 0) is 7.05 Å². The molecule has 2 aromatic heterocycles. The number of H-pyrrole nitrogens is 1. The van der Waals surface area contributed by atoms with Gasteiger partial charge in [-0.1, -0.05) is 18.2 Å². The number of pyridine rings is 1. The molecule has 0 radical (unpaired) electrons. The van der Waals surface area contributed by atoms with E-state index < -0.39 is 0 Å². The molecule has 0 aliphatic heterocycles. The van der Waals surface area contributed by atoms with Crippen molar-refractivity contribution in [3.8, 4) is 22.6 Å². The molecule has 0 saturated carbocycles. The van der Waals surface area contributed by atoms with Crippen molar-refractivity contribution in [2.45, 2.75) is 40.7 Å². The SMILES string of the molecule is C=C(C)c1ccc(Oc2c(C)cc(F)cc2C)c(-c2cn(C)c(=O)c3[nH]c(C(=O)NC(C)C)cc23)c1. The van der Waals surface area contributed by atoms with Crippen LogP contribution in [-0.4, -0.2) is 21.5 Å². The summed E-state index contributed by atoms with van der Waals surface area (Å²) in [6.45, 7) is 13.3. The summed E-state index contributed by atoms with van der Waals surface area (Å²) in [4.78, 5) is 28.7. The highest BCUT2D eigenvalue weighted by Gasteiger charge is 2.20. The topological polar surface area (TPSA) is 76.1 Å². The molecule has 0 unspecified atom stereocenters. The number of carbonyl (C=O) groups is 1. The van der Waals surface area contributed by atoms with Gasteiger partial charge < -0.3 is 19.6 Å². The molecule has 0 fully saturated rings. The van der Waals surface area contributed by atoms with Crippen LogP contribution in [0.2, 0.25) is 0 Å². The Labute approximate surface area is 209 Å². The zero-order valence-corrected chi connectivity index (χ0v) is 21.4. The van der Waals surface area contributed by atoms with E-state index in [1.54, 1.807) is 33.2 Å². The number of aromatic nitrogens is 2. The number of fused-ring (bicyclic) bond motifs is 1. The van der Waals surface area contributed by atoms with Gasteiger partial charge in [-0.25, -0.2) is 4.39 Å². The van der Waals surface area contributed by atoms with Crippen molar-refractivity contribution in [1.82, 2.24) is 14.9 Å². The molecular weight excluding hydrogens is 457 g/mol. The fourth-order valence-electron chi connectivity index (χ4n) is 4.27. The Morgan fingerprint density at radius 1 is 1.11 bits per heavy atom. The molecule has 186 valence electrons. The predicted molar refractivity (Wildman–Crippen MR) is 142 cm³/mol. The Morgan fingerprint density at radius 2 is 1.78 bits per heavy atom. The van der Waals surface area contributed by atoms with Crippen molar-refractivity contribution in [3.05, 3.63) is 87.7 Å². The molecule has 0 atom stereocenters. The van der Waals surface area contributed by atoms with E-state index in [4.69, 9.17) is 4.74 Å². The van der Waals surface area contributed by atoms with Crippen LogP contribution in [0.25, 0.3) is 27.6 Å². The summed E-state index contributed by atoms with van der Waals surface area (Å²) in [5.74, 6) is 0.480. The quantitative estimate of drug-likeness (QED) is 0.337. The van der Waals surface area contributed by atoms with E-state index in [0.717, 1.165) is 11.1 Å². The summed E-state index contributed by atoms with van der Waals surface area (Å²) < 4.78 is 21.7. The number of ether oxygens (including phenoxy) is 1. The van der Waals surface area contributed by atoms with Gasteiger partial charge in [0.1, 0.15) is 28.5 Å². The maximum atomic E-state index is 13.9. The first-order valence-electron chi connectivity index (χ1n) is 11.7. The molecule has 6 nitrogen and oxygen atoms in total. The number of benzene rings is 2. The van der Waals surface area contributed by atoms with Crippen LogP contribution in [0.15, 0.2) is 54.0 Å². The molecule has 0 spiro atoms. The summed E-state index contributed by atoms with van der Waals surface area (Å²) in [7, 11) is 1.66. The third-order valence-corrected chi connectivity index (χ3v) is 6.03. The second kappa shape index (κ2) is 9.49. The maximum Gasteiger partial charge on any atom is 0.274 e. The summed E-state index contributed by atoms with van der Waals surface area (Å²) in [6, 6.07) is 10.2. The Kier molecular flexibility index (Phi) is 6.59. The Bertz CT molecular complexity index is 1550. The smallest absolute Gasteiger partial charge is 0.274 e. The first kappa shape index (κ1) is 25.0. The highest BCUT2D eigenvalue weighted by atomic mass is 19.1. The number of amides is 1. The van der Waals surface area contributed by atoms with Crippen molar-refractivity contribution in [2.75, 3.05) is 0 Å². The lowest BCUT2D eigenvalue weighted by molar-refractivity contribution is 0.0939. The van der Waals surface area contributed by atoms with Gasteiger partial charge in [0, 0.05) is 35.8 Å². The van der Waals surface area contributed by atoms with Crippen LogP contribution < -0.4 is 15.6 Å². The normalized spacial score (nSPS) is 11.2. The molecule has 2 aromatic carbocycles. The summed E-state index contributed by atoms with van der Waals surface area (Å²) >= 11 is 0. The number of allylic oxidation sites excluding steroid dienone is 1. The van der Waals surface area contributed by atoms with E-state index in [-0.39, 0.29) is 23.3 Å². The van der Waals surface area contributed by atoms with E-state index in [1.165, 1.54) is 16.7 Å². The lowest BCUT2D eigenvalue weighted by Crippen LogP contribution is -2.30. The van der Waals surface area contributed by atoms with E-state index >= 15 is 0 Å². The predicted octanol–water partition coefficient (Wildman–Crippen LogP) is 6.25. The minimum absolute atomic E-state index is 0.0549. The molecule has 2 N–H and O–H groups in total. The molecule has 7 heteroatoms. The number of nitrogens with one attached hydrogen (secondary N) is 2. The molecule has 0 aliphatic carbocycles. The van der Waals surface area contributed by atoms with Crippen molar-refractivity contribution in [2.24, 2.45) is 7.05 Å². The van der Waals surface area contributed by atoms with Crippen molar-refractivity contribution >= 4 is 22.4 Å². The Morgan fingerprint density at radius 3 is 2.39 bits per heavy atom. The summed E-state index contributed by atoms with van der Waals surface area (Å²) in [5, 5.41) is 3.45. The molecule has 2 heterocycles. The van der Waals surface area contributed by atoms with E-state index in [0.29, 0.717) is 50.3 Å². The second-order valence-corrected chi connectivity index (χ2v) is 9.52. The average molecular weight is 488 g/mol. The standard InChI is InChI=1S/C29H30FN3O3/c1-15(2)19-8-9-25(36-27-17(5)10-20(30)11-18(27)6)21(12-19)23-14-33(7)29(35)26-22(23)13-24(32-26)28(34)31-16(3)4/h8-14,16,32H,1H2,2-7H3,(H,31,34). The number of nitrogens with zero attached hydrogens (tertiary/aromatic N) is 1. The van der Waals surface area contributed by atoms with Gasteiger partial charge in [0.15, 0.2) is 0 Å². The monoisotopic (exact) mass is 487 g/mol. The molecule has 0 saturated heterocycles. The summed E-state index contributed by atoms with van der Waals surface area (Å²) in [5.41, 5.74) is 4.91. The maximum absolute atomic E-state index is 13.9. The third-order valence-electron chi connectivity index (χ3n) is 6.03.